The summed E-state index contributed by atoms with van der Waals surface area (Å²) in [7, 11) is 3.82. The van der Waals surface area contributed by atoms with Gasteiger partial charge in [-0.15, -0.1) is 0 Å². The number of aromatic amines is 1. The highest BCUT2D eigenvalue weighted by Crippen LogP contribution is 2.30. The number of nitrogens with one attached hydrogen (secondary N) is 1. The summed E-state index contributed by atoms with van der Waals surface area (Å²) >= 11 is 0. The maximum Gasteiger partial charge on any atom is 0.132 e. The average Bonchev–Trinajstić information content (AvgIpc) is 3.12. The van der Waals surface area contributed by atoms with E-state index in [2.05, 4.69) is 37.0 Å². The molecule has 0 bridgehead atoms. The van der Waals surface area contributed by atoms with Gasteiger partial charge in [-0.2, -0.15) is 5.10 Å². The maximum atomic E-state index is 5.94. The van der Waals surface area contributed by atoms with Crippen LogP contribution in [0.2, 0.25) is 0 Å². The van der Waals surface area contributed by atoms with E-state index in [1.807, 2.05) is 31.2 Å². The number of hydrogen-bond acceptors (Lipinski definition) is 7. The lowest BCUT2D eigenvalue weighted by atomic mass is 10.1. The Morgan fingerprint density at radius 3 is 2.75 bits per heavy atom. The number of methoxy groups -OCH3 is 1. The zero-order chi connectivity index (χ0) is 19.5. The quantitative estimate of drug-likeness (QED) is 0.700. The fraction of sp³-hybridized carbons (Fsp3) is 0.450. The van der Waals surface area contributed by atoms with E-state index < -0.39 is 0 Å². The van der Waals surface area contributed by atoms with E-state index in [9.17, 15) is 0 Å². The highest BCUT2D eigenvalue weighted by molar-refractivity contribution is 5.93. The van der Waals surface area contributed by atoms with Gasteiger partial charge in [0.25, 0.3) is 0 Å². The first-order valence-electron chi connectivity index (χ1n) is 9.53. The zero-order valence-electron chi connectivity index (χ0n) is 16.6. The fourth-order valence-corrected chi connectivity index (χ4v) is 3.45. The molecule has 1 fully saturated rings. The Balaban J connectivity index is 1.62. The molecule has 148 valence electrons. The van der Waals surface area contributed by atoms with Gasteiger partial charge in [-0.05, 0) is 32.2 Å². The first-order chi connectivity index (χ1) is 13.6. The number of aromatic nitrogens is 4. The Hall–Kier alpha value is -2.71. The molecule has 0 spiro atoms. The van der Waals surface area contributed by atoms with Crippen molar-refractivity contribution in [1.82, 2.24) is 25.1 Å². The molecule has 4 rings (SSSR count). The largest absolute Gasteiger partial charge is 0.488 e. The summed E-state index contributed by atoms with van der Waals surface area (Å²) in [4.78, 5) is 13.6. The van der Waals surface area contributed by atoms with E-state index in [0.29, 0.717) is 6.61 Å². The minimum absolute atomic E-state index is 0.0271. The number of benzene rings is 1. The summed E-state index contributed by atoms with van der Waals surface area (Å²) in [5, 5.41) is 8.56. The molecule has 1 aliphatic rings. The molecule has 1 saturated heterocycles. The summed E-state index contributed by atoms with van der Waals surface area (Å²) in [5.41, 5.74) is 2.55. The molecule has 8 nitrogen and oxygen atoms in total. The second-order valence-electron chi connectivity index (χ2n) is 7.22. The molecule has 0 aliphatic carbocycles. The van der Waals surface area contributed by atoms with Crippen LogP contribution in [0.3, 0.4) is 0 Å². The Morgan fingerprint density at radius 2 is 1.96 bits per heavy atom. The van der Waals surface area contributed by atoms with Gasteiger partial charge in [0, 0.05) is 44.7 Å². The van der Waals surface area contributed by atoms with Crippen LogP contribution in [0.15, 0.2) is 30.6 Å². The topological polar surface area (TPSA) is 79.4 Å². The van der Waals surface area contributed by atoms with Crippen molar-refractivity contribution in [2.45, 2.75) is 13.0 Å². The van der Waals surface area contributed by atoms with E-state index in [4.69, 9.17) is 9.47 Å². The monoisotopic (exact) mass is 382 g/mol. The van der Waals surface area contributed by atoms with E-state index in [1.54, 1.807) is 13.4 Å². The maximum absolute atomic E-state index is 5.94. The van der Waals surface area contributed by atoms with Gasteiger partial charge in [-0.25, -0.2) is 9.97 Å². The molecule has 8 heteroatoms. The highest BCUT2D eigenvalue weighted by atomic mass is 16.5. The number of nitrogens with zero attached hydrogens (tertiary/aromatic N) is 5. The Labute approximate surface area is 164 Å². The number of fused-ring (bicyclic) bond motifs is 1. The molecule has 0 amide bonds. The smallest absolute Gasteiger partial charge is 0.132 e. The van der Waals surface area contributed by atoms with Crippen LogP contribution >= 0.6 is 0 Å². The Morgan fingerprint density at radius 1 is 1.14 bits per heavy atom. The second kappa shape index (κ2) is 8.12. The van der Waals surface area contributed by atoms with Crippen molar-refractivity contribution in [1.29, 1.82) is 0 Å². The minimum atomic E-state index is -0.0271. The van der Waals surface area contributed by atoms with Gasteiger partial charge in [-0.3, -0.25) is 5.10 Å². The van der Waals surface area contributed by atoms with Crippen LogP contribution < -0.4 is 9.64 Å². The Bertz CT molecular complexity index is 935. The van der Waals surface area contributed by atoms with Gasteiger partial charge in [-0.1, -0.05) is 0 Å². The lowest BCUT2D eigenvalue weighted by Gasteiger charge is -2.33. The van der Waals surface area contributed by atoms with Crippen LogP contribution in [-0.4, -0.2) is 78.1 Å². The molecule has 1 aromatic carbocycles. The van der Waals surface area contributed by atoms with E-state index in [-0.39, 0.29) is 6.10 Å². The first kappa shape index (κ1) is 18.6. The zero-order valence-corrected chi connectivity index (χ0v) is 16.6. The van der Waals surface area contributed by atoms with Crippen molar-refractivity contribution in [3.63, 3.8) is 0 Å². The average molecular weight is 382 g/mol. The normalized spacial score (nSPS) is 16.5. The molecule has 1 atom stereocenters. The third kappa shape index (κ3) is 3.93. The van der Waals surface area contributed by atoms with Gasteiger partial charge >= 0.3 is 0 Å². The fourth-order valence-electron chi connectivity index (χ4n) is 3.45. The lowest BCUT2D eigenvalue weighted by molar-refractivity contribution is 0.0922. The number of anilines is 1. The predicted molar refractivity (Wildman–Crippen MR) is 109 cm³/mol. The predicted octanol–water partition coefficient (Wildman–Crippen LogP) is 2.19. The highest BCUT2D eigenvalue weighted by Gasteiger charge is 2.18. The molecule has 0 saturated carbocycles. The number of ether oxygens (including phenoxy) is 2. The molecule has 1 unspecified atom stereocenters. The van der Waals surface area contributed by atoms with Gasteiger partial charge in [0.1, 0.15) is 29.7 Å². The van der Waals surface area contributed by atoms with E-state index in [0.717, 1.165) is 60.0 Å². The summed E-state index contributed by atoms with van der Waals surface area (Å²) in [6, 6.07) is 7.93. The molecule has 1 aliphatic heterocycles. The summed E-state index contributed by atoms with van der Waals surface area (Å²) in [6.45, 7) is 6.51. The van der Waals surface area contributed by atoms with Gasteiger partial charge < -0.3 is 19.3 Å². The van der Waals surface area contributed by atoms with E-state index in [1.165, 1.54) is 0 Å². The molecular formula is C20H26N6O2. The van der Waals surface area contributed by atoms with Crippen LogP contribution in [0.1, 0.15) is 6.92 Å². The van der Waals surface area contributed by atoms with Crippen LogP contribution in [0.25, 0.3) is 22.3 Å². The molecule has 3 aromatic rings. The number of hydrogen-bond donors (Lipinski definition) is 1. The van der Waals surface area contributed by atoms with Gasteiger partial charge in [0.15, 0.2) is 0 Å². The third-order valence-corrected chi connectivity index (χ3v) is 5.00. The molecule has 1 N–H and O–H groups in total. The first-order valence-corrected chi connectivity index (χ1v) is 9.53. The summed E-state index contributed by atoms with van der Waals surface area (Å²) in [6.07, 6.45) is 1.59. The van der Waals surface area contributed by atoms with Crippen LogP contribution in [-0.2, 0) is 4.74 Å². The summed E-state index contributed by atoms with van der Waals surface area (Å²) in [5.74, 6) is 1.73. The standard InChI is InChI=1S/C20H26N6O2/c1-14(12-27-3)28-15-4-5-17-16(10-15)20(24-23-17)18-11-19(22-13-21-18)26-8-6-25(2)7-9-26/h4-5,10-11,13-14H,6-9,12H2,1-3H3,(H,23,24). The number of piperazine rings is 1. The van der Waals surface area contributed by atoms with Crippen LogP contribution in [0.4, 0.5) is 5.82 Å². The Kier molecular flexibility index (Phi) is 5.40. The van der Waals surface area contributed by atoms with Crippen molar-refractivity contribution in [3.8, 4) is 17.1 Å². The third-order valence-electron chi connectivity index (χ3n) is 5.00. The number of H-pyrrole nitrogens is 1. The lowest BCUT2D eigenvalue weighted by Crippen LogP contribution is -2.44. The van der Waals surface area contributed by atoms with Crippen LogP contribution in [0, 0.1) is 0 Å². The van der Waals surface area contributed by atoms with Crippen molar-refractivity contribution >= 4 is 16.7 Å². The number of rotatable bonds is 6. The minimum Gasteiger partial charge on any atom is -0.488 e. The SMILES string of the molecule is COCC(C)Oc1ccc2[nH]nc(-c3cc(N4CCN(C)CC4)ncn3)c2c1. The van der Waals surface area contributed by atoms with Crippen LogP contribution in [0.5, 0.6) is 5.75 Å². The van der Waals surface area contributed by atoms with Crippen molar-refractivity contribution in [2.24, 2.45) is 0 Å². The summed E-state index contributed by atoms with van der Waals surface area (Å²) < 4.78 is 11.1. The molecule has 3 heterocycles. The van der Waals surface area contributed by atoms with Gasteiger partial charge in [0.05, 0.1) is 17.8 Å². The van der Waals surface area contributed by atoms with E-state index >= 15 is 0 Å². The van der Waals surface area contributed by atoms with Gasteiger partial charge in [0.2, 0.25) is 0 Å². The molecule has 2 aromatic heterocycles. The molecule has 0 radical (unpaired) electrons. The van der Waals surface area contributed by atoms with Crippen molar-refractivity contribution < 1.29 is 9.47 Å². The van der Waals surface area contributed by atoms with Crippen molar-refractivity contribution in [2.75, 3.05) is 51.8 Å². The second-order valence-corrected chi connectivity index (χ2v) is 7.22. The molecule has 28 heavy (non-hydrogen) atoms. The molecular weight excluding hydrogens is 356 g/mol. The number of likely N-dealkylation sites (N-methyl/N-ethyl adjacent to an activating group) is 1. The van der Waals surface area contributed by atoms with Crippen molar-refractivity contribution in [3.05, 3.63) is 30.6 Å².